The van der Waals surface area contributed by atoms with Crippen LogP contribution in [0.25, 0.3) is 0 Å². The molecule has 0 bridgehead atoms. The fourth-order valence-corrected chi connectivity index (χ4v) is 2.66. The van der Waals surface area contributed by atoms with Gasteiger partial charge in [0.2, 0.25) is 0 Å². The zero-order valence-electron chi connectivity index (χ0n) is 13.7. The summed E-state index contributed by atoms with van der Waals surface area (Å²) >= 11 is 0. The van der Waals surface area contributed by atoms with Gasteiger partial charge in [0.25, 0.3) is 0 Å². The van der Waals surface area contributed by atoms with Gasteiger partial charge in [0.1, 0.15) is 11.6 Å². The van der Waals surface area contributed by atoms with Gasteiger partial charge < -0.3 is 15.2 Å². The molecule has 1 aromatic heterocycles. The molecule has 1 fully saturated rings. The number of nitrogens with zero attached hydrogens (tertiary/aromatic N) is 2. The van der Waals surface area contributed by atoms with E-state index in [1.807, 2.05) is 4.90 Å². The van der Waals surface area contributed by atoms with E-state index >= 15 is 0 Å². The SMILES string of the molecule is CC(C)(C)OC(=O)NC1CCN(C(C(=O)O)c2cccnc2)C1. The van der Waals surface area contributed by atoms with Crippen molar-refractivity contribution in [2.24, 2.45) is 0 Å². The van der Waals surface area contributed by atoms with E-state index in [0.29, 0.717) is 25.1 Å². The van der Waals surface area contributed by atoms with Crippen molar-refractivity contribution >= 4 is 12.1 Å². The van der Waals surface area contributed by atoms with E-state index in [-0.39, 0.29) is 6.04 Å². The van der Waals surface area contributed by atoms with Crippen LogP contribution < -0.4 is 5.32 Å². The van der Waals surface area contributed by atoms with Crippen LogP contribution in [0.1, 0.15) is 38.8 Å². The van der Waals surface area contributed by atoms with E-state index in [1.165, 1.54) is 0 Å². The van der Waals surface area contributed by atoms with Crippen LogP contribution in [0.2, 0.25) is 0 Å². The van der Waals surface area contributed by atoms with E-state index in [1.54, 1.807) is 45.3 Å². The Morgan fingerprint density at radius 1 is 1.48 bits per heavy atom. The van der Waals surface area contributed by atoms with Gasteiger partial charge in [0.15, 0.2) is 0 Å². The molecular weight excluding hydrogens is 298 g/mol. The minimum Gasteiger partial charge on any atom is -0.480 e. The lowest BCUT2D eigenvalue weighted by Crippen LogP contribution is -2.41. The molecule has 2 atom stereocenters. The van der Waals surface area contributed by atoms with Gasteiger partial charge in [-0.05, 0) is 38.8 Å². The van der Waals surface area contributed by atoms with Gasteiger partial charge in [-0.3, -0.25) is 14.7 Å². The Morgan fingerprint density at radius 3 is 2.78 bits per heavy atom. The summed E-state index contributed by atoms with van der Waals surface area (Å²) < 4.78 is 5.23. The molecule has 0 spiro atoms. The van der Waals surface area contributed by atoms with Crippen molar-refractivity contribution in [1.29, 1.82) is 0 Å². The van der Waals surface area contributed by atoms with Crippen molar-refractivity contribution in [3.8, 4) is 0 Å². The van der Waals surface area contributed by atoms with E-state index in [2.05, 4.69) is 10.3 Å². The van der Waals surface area contributed by atoms with Crippen LogP contribution in [0, 0.1) is 0 Å². The number of hydrogen-bond donors (Lipinski definition) is 2. The largest absolute Gasteiger partial charge is 0.480 e. The molecule has 7 heteroatoms. The van der Waals surface area contributed by atoms with Crippen LogP contribution in [0.15, 0.2) is 24.5 Å². The third-order valence-corrected chi connectivity index (χ3v) is 3.54. The molecule has 1 amide bonds. The number of rotatable bonds is 4. The maximum Gasteiger partial charge on any atom is 0.407 e. The van der Waals surface area contributed by atoms with Crippen molar-refractivity contribution in [1.82, 2.24) is 15.2 Å². The Bertz CT molecular complexity index is 556. The number of hydrogen-bond acceptors (Lipinski definition) is 5. The highest BCUT2D eigenvalue weighted by Gasteiger charge is 2.34. The lowest BCUT2D eigenvalue weighted by molar-refractivity contribution is -0.143. The first-order chi connectivity index (χ1) is 10.8. The Balaban J connectivity index is 1.98. The number of pyridine rings is 1. The molecule has 7 nitrogen and oxygen atoms in total. The lowest BCUT2D eigenvalue weighted by Gasteiger charge is -2.25. The van der Waals surface area contributed by atoms with Crippen molar-refractivity contribution < 1.29 is 19.4 Å². The molecule has 2 heterocycles. The topological polar surface area (TPSA) is 91.8 Å². The Labute approximate surface area is 135 Å². The van der Waals surface area contributed by atoms with E-state index in [4.69, 9.17) is 4.74 Å². The number of amides is 1. The van der Waals surface area contributed by atoms with Crippen molar-refractivity contribution in [2.75, 3.05) is 13.1 Å². The molecule has 2 N–H and O–H groups in total. The highest BCUT2D eigenvalue weighted by Crippen LogP contribution is 2.25. The molecule has 0 aromatic carbocycles. The van der Waals surface area contributed by atoms with Crippen LogP contribution >= 0.6 is 0 Å². The van der Waals surface area contributed by atoms with Crippen molar-refractivity contribution in [3.05, 3.63) is 30.1 Å². The Hall–Kier alpha value is -2.15. The molecule has 2 unspecified atom stereocenters. The maximum atomic E-state index is 11.8. The van der Waals surface area contributed by atoms with Crippen LogP contribution in [0.4, 0.5) is 4.79 Å². The Kier molecular flexibility index (Phi) is 5.20. The zero-order chi connectivity index (χ0) is 17.0. The van der Waals surface area contributed by atoms with Gasteiger partial charge >= 0.3 is 12.1 Å². The quantitative estimate of drug-likeness (QED) is 0.879. The minimum absolute atomic E-state index is 0.122. The summed E-state index contributed by atoms with van der Waals surface area (Å²) in [5.74, 6) is -0.920. The average molecular weight is 321 g/mol. The van der Waals surface area contributed by atoms with Crippen molar-refractivity contribution in [2.45, 2.75) is 44.9 Å². The fraction of sp³-hybridized carbons (Fsp3) is 0.562. The van der Waals surface area contributed by atoms with E-state index in [0.717, 1.165) is 0 Å². The lowest BCUT2D eigenvalue weighted by atomic mass is 10.1. The number of carboxylic acid groups (broad SMARTS) is 1. The Morgan fingerprint density at radius 2 is 2.22 bits per heavy atom. The molecule has 1 saturated heterocycles. The first kappa shape index (κ1) is 17.2. The molecule has 0 radical (unpaired) electrons. The summed E-state index contributed by atoms with van der Waals surface area (Å²) in [4.78, 5) is 29.3. The molecule has 23 heavy (non-hydrogen) atoms. The number of alkyl carbamates (subject to hydrolysis) is 1. The molecule has 2 rings (SSSR count). The summed E-state index contributed by atoms with van der Waals surface area (Å²) in [5.41, 5.74) is 0.0831. The predicted molar refractivity (Wildman–Crippen MR) is 84.0 cm³/mol. The number of ether oxygens (including phenoxy) is 1. The standard InChI is InChI=1S/C16H23N3O4/c1-16(2,3)23-15(22)18-12-6-8-19(10-12)13(14(20)21)11-5-4-7-17-9-11/h4-5,7,9,12-13H,6,8,10H2,1-3H3,(H,18,22)(H,20,21). The smallest absolute Gasteiger partial charge is 0.407 e. The predicted octanol–water partition coefficient (Wildman–Crippen LogP) is 1.81. The number of carbonyl (C=O) groups is 2. The van der Waals surface area contributed by atoms with Crippen LogP contribution in [-0.2, 0) is 9.53 Å². The van der Waals surface area contributed by atoms with Gasteiger partial charge in [0, 0.05) is 31.5 Å². The van der Waals surface area contributed by atoms with Crippen LogP contribution in [0.5, 0.6) is 0 Å². The molecular formula is C16H23N3O4. The maximum absolute atomic E-state index is 11.8. The second-order valence-electron chi connectivity index (χ2n) is 6.65. The summed E-state index contributed by atoms with van der Waals surface area (Å²) in [6, 6.07) is 2.59. The molecule has 1 aliphatic heterocycles. The van der Waals surface area contributed by atoms with Gasteiger partial charge in [-0.1, -0.05) is 6.07 Å². The van der Waals surface area contributed by atoms with Gasteiger partial charge in [-0.2, -0.15) is 0 Å². The first-order valence-electron chi connectivity index (χ1n) is 7.62. The molecule has 0 saturated carbocycles. The molecule has 0 aliphatic carbocycles. The highest BCUT2D eigenvalue weighted by atomic mass is 16.6. The summed E-state index contributed by atoms with van der Waals surface area (Å²) in [6.07, 6.45) is 3.38. The molecule has 126 valence electrons. The van der Waals surface area contributed by atoms with Gasteiger partial charge in [0.05, 0.1) is 0 Å². The third kappa shape index (κ3) is 4.92. The highest BCUT2D eigenvalue weighted by molar-refractivity contribution is 5.75. The molecule has 1 aliphatic rings. The third-order valence-electron chi connectivity index (χ3n) is 3.54. The zero-order valence-corrected chi connectivity index (χ0v) is 13.7. The fourth-order valence-electron chi connectivity index (χ4n) is 2.66. The van der Waals surface area contributed by atoms with Crippen LogP contribution in [0.3, 0.4) is 0 Å². The van der Waals surface area contributed by atoms with E-state index < -0.39 is 23.7 Å². The summed E-state index contributed by atoms with van der Waals surface area (Å²) in [6.45, 7) is 6.46. The normalized spacial score (nSPS) is 20.0. The number of likely N-dealkylation sites (tertiary alicyclic amines) is 1. The number of carboxylic acids is 1. The van der Waals surface area contributed by atoms with Gasteiger partial charge in [-0.15, -0.1) is 0 Å². The summed E-state index contributed by atoms with van der Waals surface area (Å²) in [7, 11) is 0. The average Bonchev–Trinajstić information content (AvgIpc) is 2.85. The second kappa shape index (κ2) is 6.95. The molecule has 1 aromatic rings. The second-order valence-corrected chi connectivity index (χ2v) is 6.65. The van der Waals surface area contributed by atoms with E-state index in [9.17, 15) is 14.7 Å². The number of aliphatic carboxylic acids is 1. The van der Waals surface area contributed by atoms with Crippen LogP contribution in [-0.4, -0.2) is 51.8 Å². The number of aromatic nitrogens is 1. The summed E-state index contributed by atoms with van der Waals surface area (Å²) in [5, 5.41) is 12.3. The monoisotopic (exact) mass is 321 g/mol. The minimum atomic E-state index is -0.920. The first-order valence-corrected chi connectivity index (χ1v) is 7.62. The van der Waals surface area contributed by atoms with Gasteiger partial charge in [-0.25, -0.2) is 4.79 Å². The number of carbonyl (C=O) groups excluding carboxylic acids is 1. The number of nitrogens with one attached hydrogen (secondary N) is 1. The van der Waals surface area contributed by atoms with Crippen molar-refractivity contribution in [3.63, 3.8) is 0 Å².